The lowest BCUT2D eigenvalue weighted by Crippen LogP contribution is -2.24. The zero-order valence-electron chi connectivity index (χ0n) is 14.0. The molecule has 2 rings (SSSR count). The molecule has 0 bridgehead atoms. The number of hydrazone groups is 1. The molecule has 0 atom stereocenters. The Bertz CT molecular complexity index is 732. The number of rotatable bonds is 8. The van der Waals surface area contributed by atoms with E-state index in [0.29, 0.717) is 18.1 Å². The second kappa shape index (κ2) is 9.68. The van der Waals surface area contributed by atoms with Gasteiger partial charge in [-0.1, -0.05) is 15.9 Å². The van der Waals surface area contributed by atoms with Crippen LogP contribution in [0.25, 0.3) is 0 Å². The molecule has 0 fully saturated rings. The fourth-order valence-corrected chi connectivity index (χ4v) is 2.31. The number of hydrogen-bond donors (Lipinski definition) is 1. The van der Waals surface area contributed by atoms with Crippen LogP contribution in [0, 0.1) is 0 Å². The Kier molecular flexibility index (Phi) is 7.28. The second-order valence-electron chi connectivity index (χ2n) is 4.87. The highest BCUT2D eigenvalue weighted by Gasteiger charge is 2.04. The minimum atomic E-state index is -0.361. The highest BCUT2D eigenvalue weighted by Crippen LogP contribution is 2.21. The number of ether oxygens (including phenoxy) is 3. The van der Waals surface area contributed by atoms with Crippen LogP contribution in [0.2, 0.25) is 0 Å². The molecule has 0 aliphatic rings. The number of methoxy groups -OCH3 is 1. The summed E-state index contributed by atoms with van der Waals surface area (Å²) in [6.45, 7) is 2.31. The molecule has 0 heterocycles. The summed E-state index contributed by atoms with van der Waals surface area (Å²) in [5, 5.41) is 3.94. The third-order valence-electron chi connectivity index (χ3n) is 3.09. The number of benzene rings is 2. The number of nitrogens with one attached hydrogen (secondary N) is 1. The van der Waals surface area contributed by atoms with Gasteiger partial charge in [-0.05, 0) is 49.4 Å². The first-order valence-electron chi connectivity index (χ1n) is 7.63. The summed E-state index contributed by atoms with van der Waals surface area (Å²) in [6, 6.07) is 12.5. The minimum absolute atomic E-state index is 0.138. The third-order valence-corrected chi connectivity index (χ3v) is 3.59. The number of hydrogen-bond acceptors (Lipinski definition) is 5. The van der Waals surface area contributed by atoms with Gasteiger partial charge in [0.05, 0.1) is 19.9 Å². The van der Waals surface area contributed by atoms with Gasteiger partial charge >= 0.3 is 0 Å². The van der Waals surface area contributed by atoms with Crippen molar-refractivity contribution in [2.45, 2.75) is 6.92 Å². The van der Waals surface area contributed by atoms with E-state index in [2.05, 4.69) is 26.5 Å². The van der Waals surface area contributed by atoms with Gasteiger partial charge in [-0.25, -0.2) is 5.43 Å². The third kappa shape index (κ3) is 6.11. The maximum Gasteiger partial charge on any atom is 0.277 e. The van der Waals surface area contributed by atoms with Crippen LogP contribution in [0.15, 0.2) is 52.0 Å². The van der Waals surface area contributed by atoms with Crippen molar-refractivity contribution in [1.82, 2.24) is 5.43 Å². The minimum Gasteiger partial charge on any atom is -0.497 e. The normalized spacial score (nSPS) is 10.5. The first kappa shape index (κ1) is 18.8. The van der Waals surface area contributed by atoms with E-state index in [0.717, 1.165) is 15.8 Å². The van der Waals surface area contributed by atoms with Crippen molar-refractivity contribution in [2.24, 2.45) is 5.10 Å². The summed E-state index contributed by atoms with van der Waals surface area (Å²) < 4.78 is 16.8. The fraction of sp³-hybridized carbons (Fsp3) is 0.222. The van der Waals surface area contributed by atoms with Crippen LogP contribution >= 0.6 is 15.9 Å². The largest absolute Gasteiger partial charge is 0.497 e. The maximum atomic E-state index is 11.8. The molecule has 0 radical (unpaired) electrons. The van der Waals surface area contributed by atoms with Crippen LogP contribution in [0.5, 0.6) is 17.2 Å². The standard InChI is InChI=1S/C18H19BrN2O4/c1-3-24-17-9-4-14(19)10-13(17)11-20-21-18(22)12-25-16-7-5-15(23-2)6-8-16/h4-11H,3,12H2,1-2H3,(H,21,22)/b20-11-. The number of nitrogens with zero attached hydrogens (tertiary/aromatic N) is 1. The van der Waals surface area contributed by atoms with Gasteiger partial charge in [-0.2, -0.15) is 5.10 Å². The first-order valence-corrected chi connectivity index (χ1v) is 8.42. The van der Waals surface area contributed by atoms with E-state index in [1.54, 1.807) is 31.4 Å². The number of carbonyl (C=O) groups is 1. The van der Waals surface area contributed by atoms with E-state index in [1.165, 1.54) is 6.21 Å². The summed E-state index contributed by atoms with van der Waals surface area (Å²) in [6.07, 6.45) is 1.53. The van der Waals surface area contributed by atoms with Gasteiger partial charge in [0.25, 0.3) is 5.91 Å². The summed E-state index contributed by atoms with van der Waals surface area (Å²) in [5.74, 6) is 1.63. The van der Waals surface area contributed by atoms with Crippen LogP contribution in [-0.4, -0.2) is 32.4 Å². The summed E-state index contributed by atoms with van der Waals surface area (Å²) in [7, 11) is 1.59. The summed E-state index contributed by atoms with van der Waals surface area (Å²) >= 11 is 3.40. The van der Waals surface area contributed by atoms with Gasteiger partial charge in [0.15, 0.2) is 6.61 Å². The van der Waals surface area contributed by atoms with Gasteiger partial charge in [0.2, 0.25) is 0 Å². The van der Waals surface area contributed by atoms with E-state index in [4.69, 9.17) is 14.2 Å². The van der Waals surface area contributed by atoms with Crippen molar-refractivity contribution in [3.63, 3.8) is 0 Å². The summed E-state index contributed by atoms with van der Waals surface area (Å²) in [4.78, 5) is 11.8. The van der Waals surface area contributed by atoms with E-state index in [-0.39, 0.29) is 12.5 Å². The molecule has 25 heavy (non-hydrogen) atoms. The van der Waals surface area contributed by atoms with Crippen molar-refractivity contribution < 1.29 is 19.0 Å². The Morgan fingerprint density at radius 2 is 1.88 bits per heavy atom. The number of carbonyl (C=O) groups excluding carboxylic acids is 1. The van der Waals surface area contributed by atoms with Crippen molar-refractivity contribution in [1.29, 1.82) is 0 Å². The van der Waals surface area contributed by atoms with Gasteiger partial charge < -0.3 is 14.2 Å². The van der Waals surface area contributed by atoms with Gasteiger partial charge in [0, 0.05) is 10.0 Å². The quantitative estimate of drug-likeness (QED) is 0.538. The lowest BCUT2D eigenvalue weighted by Gasteiger charge is -2.07. The molecule has 0 spiro atoms. The predicted octanol–water partition coefficient (Wildman–Crippen LogP) is 3.39. The van der Waals surface area contributed by atoms with E-state index < -0.39 is 0 Å². The predicted molar refractivity (Wildman–Crippen MR) is 99.5 cm³/mol. The van der Waals surface area contributed by atoms with Crippen LogP contribution < -0.4 is 19.6 Å². The van der Waals surface area contributed by atoms with E-state index in [9.17, 15) is 4.79 Å². The van der Waals surface area contributed by atoms with Gasteiger partial charge in [-0.3, -0.25) is 4.79 Å². The second-order valence-corrected chi connectivity index (χ2v) is 5.79. The van der Waals surface area contributed by atoms with Crippen molar-refractivity contribution in [3.05, 3.63) is 52.5 Å². The average Bonchev–Trinajstić information content (AvgIpc) is 2.62. The molecule has 7 heteroatoms. The molecular formula is C18H19BrN2O4. The molecule has 6 nitrogen and oxygen atoms in total. The highest BCUT2D eigenvalue weighted by atomic mass is 79.9. The molecule has 0 unspecified atom stereocenters. The molecule has 0 aliphatic carbocycles. The number of amides is 1. The van der Waals surface area contributed by atoms with Gasteiger partial charge in [0.1, 0.15) is 17.2 Å². The van der Waals surface area contributed by atoms with Crippen LogP contribution in [0.4, 0.5) is 0 Å². The Morgan fingerprint density at radius 3 is 2.56 bits per heavy atom. The smallest absolute Gasteiger partial charge is 0.277 e. The molecule has 1 amide bonds. The molecule has 1 N–H and O–H groups in total. The Morgan fingerprint density at radius 1 is 1.16 bits per heavy atom. The van der Waals surface area contributed by atoms with Crippen LogP contribution in [0.3, 0.4) is 0 Å². The zero-order valence-corrected chi connectivity index (χ0v) is 15.6. The Labute approximate surface area is 154 Å². The molecule has 0 aliphatic heterocycles. The van der Waals surface area contributed by atoms with E-state index in [1.807, 2.05) is 25.1 Å². The van der Waals surface area contributed by atoms with Crippen molar-refractivity contribution in [3.8, 4) is 17.2 Å². The van der Waals surface area contributed by atoms with Crippen molar-refractivity contribution >= 4 is 28.1 Å². The first-order chi connectivity index (χ1) is 12.1. The lowest BCUT2D eigenvalue weighted by atomic mass is 10.2. The SMILES string of the molecule is CCOc1ccc(Br)cc1/C=N\NC(=O)COc1ccc(OC)cc1. The summed E-state index contributed by atoms with van der Waals surface area (Å²) in [5.41, 5.74) is 3.18. The lowest BCUT2D eigenvalue weighted by molar-refractivity contribution is -0.123. The van der Waals surface area contributed by atoms with Crippen molar-refractivity contribution in [2.75, 3.05) is 20.3 Å². The molecule has 132 valence electrons. The molecule has 0 saturated heterocycles. The molecule has 2 aromatic rings. The fourth-order valence-electron chi connectivity index (χ4n) is 1.93. The molecular weight excluding hydrogens is 388 g/mol. The van der Waals surface area contributed by atoms with E-state index >= 15 is 0 Å². The topological polar surface area (TPSA) is 69.2 Å². The van der Waals surface area contributed by atoms with Crippen LogP contribution in [0.1, 0.15) is 12.5 Å². The highest BCUT2D eigenvalue weighted by molar-refractivity contribution is 9.10. The zero-order chi connectivity index (χ0) is 18.1. The Hall–Kier alpha value is -2.54. The van der Waals surface area contributed by atoms with Crippen LogP contribution in [-0.2, 0) is 4.79 Å². The maximum absolute atomic E-state index is 11.8. The molecule has 0 aromatic heterocycles. The average molecular weight is 407 g/mol. The monoisotopic (exact) mass is 406 g/mol. The van der Waals surface area contributed by atoms with Gasteiger partial charge in [-0.15, -0.1) is 0 Å². The molecule has 0 saturated carbocycles. The molecule has 2 aromatic carbocycles. The Balaban J connectivity index is 1.86. The number of halogens is 1.